The lowest BCUT2D eigenvalue weighted by atomic mass is 10.2. The van der Waals surface area contributed by atoms with Crippen molar-refractivity contribution in [1.82, 2.24) is 10.3 Å². The Bertz CT molecular complexity index is 336. The number of carbonyl (C=O) groups excluding carboxylic acids is 1. The van der Waals surface area contributed by atoms with Crippen LogP contribution in [0.5, 0.6) is 0 Å². The van der Waals surface area contributed by atoms with E-state index in [0.29, 0.717) is 18.9 Å². The van der Waals surface area contributed by atoms with Crippen LogP contribution in [0.3, 0.4) is 0 Å². The Kier molecular flexibility index (Phi) is 6.46. The molecule has 5 nitrogen and oxygen atoms in total. The van der Waals surface area contributed by atoms with Crippen LogP contribution in [-0.4, -0.2) is 41.9 Å². The normalized spacial score (nSPS) is 12.7. The smallest absolute Gasteiger partial charge is 0.226 e. The molecule has 0 radical (unpaired) electrons. The Labute approximate surface area is 108 Å². The van der Waals surface area contributed by atoms with Crippen molar-refractivity contribution in [3.63, 3.8) is 0 Å². The summed E-state index contributed by atoms with van der Waals surface area (Å²) in [5.74, 6) is 0.333. The van der Waals surface area contributed by atoms with Crippen molar-refractivity contribution in [3.8, 4) is 0 Å². The number of hydrogen-bond donors (Lipinski definition) is 3. The summed E-state index contributed by atoms with van der Waals surface area (Å²) in [5, 5.41) is 12.3. The largest absolute Gasteiger partial charge is 0.389 e. The van der Waals surface area contributed by atoms with E-state index in [1.165, 1.54) is 0 Å². The topological polar surface area (TPSA) is 74.3 Å². The zero-order valence-corrected chi connectivity index (χ0v) is 11.0. The molecule has 1 atom stereocenters. The van der Waals surface area contributed by atoms with E-state index >= 15 is 0 Å². The Morgan fingerprint density at radius 1 is 1.50 bits per heavy atom. The number of rotatable bonds is 8. The SMILES string of the molecule is CC(C)COCC(O)CNC(=O)Cc1ccc[nH]1. The number of hydrogen-bond acceptors (Lipinski definition) is 3. The summed E-state index contributed by atoms with van der Waals surface area (Å²) in [7, 11) is 0. The van der Waals surface area contributed by atoms with Crippen molar-refractivity contribution in [2.45, 2.75) is 26.4 Å². The Morgan fingerprint density at radius 2 is 2.28 bits per heavy atom. The fourth-order valence-corrected chi connectivity index (χ4v) is 1.44. The first-order chi connectivity index (χ1) is 8.58. The van der Waals surface area contributed by atoms with E-state index in [1.807, 2.05) is 26.0 Å². The first-order valence-electron chi connectivity index (χ1n) is 6.22. The lowest BCUT2D eigenvalue weighted by Crippen LogP contribution is -2.35. The molecule has 1 rings (SSSR count). The Morgan fingerprint density at radius 3 is 2.89 bits per heavy atom. The summed E-state index contributed by atoms with van der Waals surface area (Å²) in [6, 6.07) is 3.69. The molecule has 0 bridgehead atoms. The highest BCUT2D eigenvalue weighted by atomic mass is 16.5. The van der Waals surface area contributed by atoms with Crippen LogP contribution < -0.4 is 5.32 Å². The highest BCUT2D eigenvalue weighted by Gasteiger charge is 2.08. The third kappa shape index (κ3) is 6.42. The van der Waals surface area contributed by atoms with Crippen LogP contribution in [0.25, 0.3) is 0 Å². The monoisotopic (exact) mass is 254 g/mol. The third-order valence-corrected chi connectivity index (χ3v) is 2.31. The molecule has 0 saturated carbocycles. The average molecular weight is 254 g/mol. The van der Waals surface area contributed by atoms with Gasteiger partial charge in [0.1, 0.15) is 0 Å². The second kappa shape index (κ2) is 7.89. The summed E-state index contributed by atoms with van der Waals surface area (Å²) >= 11 is 0. The number of amides is 1. The molecule has 0 aliphatic rings. The van der Waals surface area contributed by atoms with Crippen molar-refractivity contribution < 1.29 is 14.6 Å². The van der Waals surface area contributed by atoms with E-state index in [4.69, 9.17) is 4.74 Å². The fraction of sp³-hybridized carbons (Fsp3) is 0.615. The number of nitrogens with one attached hydrogen (secondary N) is 2. The van der Waals surface area contributed by atoms with Crippen LogP contribution in [0, 0.1) is 5.92 Å². The van der Waals surface area contributed by atoms with Crippen molar-refractivity contribution in [2.75, 3.05) is 19.8 Å². The van der Waals surface area contributed by atoms with Crippen LogP contribution in [0.4, 0.5) is 0 Å². The van der Waals surface area contributed by atoms with E-state index in [1.54, 1.807) is 6.20 Å². The Balaban J connectivity index is 2.10. The second-order valence-corrected chi connectivity index (χ2v) is 4.76. The molecule has 1 aromatic rings. The van der Waals surface area contributed by atoms with Gasteiger partial charge in [-0.3, -0.25) is 4.79 Å². The lowest BCUT2D eigenvalue weighted by molar-refractivity contribution is -0.121. The van der Waals surface area contributed by atoms with Crippen LogP contribution in [-0.2, 0) is 16.0 Å². The van der Waals surface area contributed by atoms with Gasteiger partial charge in [-0.1, -0.05) is 13.8 Å². The second-order valence-electron chi connectivity index (χ2n) is 4.76. The molecule has 0 fully saturated rings. The molecule has 0 saturated heterocycles. The molecule has 102 valence electrons. The highest BCUT2D eigenvalue weighted by Crippen LogP contribution is 1.96. The van der Waals surface area contributed by atoms with Gasteiger partial charge in [-0.2, -0.15) is 0 Å². The van der Waals surface area contributed by atoms with Crippen molar-refractivity contribution in [1.29, 1.82) is 0 Å². The standard InChI is InChI=1S/C13H22N2O3/c1-10(2)8-18-9-12(16)7-15-13(17)6-11-4-3-5-14-11/h3-5,10,12,14,16H,6-9H2,1-2H3,(H,15,17). The predicted octanol–water partition coefficient (Wildman–Crippen LogP) is 0.707. The van der Waals surface area contributed by atoms with E-state index < -0.39 is 6.10 Å². The average Bonchev–Trinajstić information content (AvgIpc) is 2.78. The van der Waals surface area contributed by atoms with Gasteiger partial charge in [0.25, 0.3) is 0 Å². The predicted molar refractivity (Wildman–Crippen MR) is 69.2 cm³/mol. The molecule has 0 aliphatic carbocycles. The van der Waals surface area contributed by atoms with Crippen molar-refractivity contribution >= 4 is 5.91 Å². The van der Waals surface area contributed by atoms with E-state index in [0.717, 1.165) is 5.69 Å². The first kappa shape index (κ1) is 14.7. The van der Waals surface area contributed by atoms with E-state index in [2.05, 4.69) is 10.3 Å². The quantitative estimate of drug-likeness (QED) is 0.639. The summed E-state index contributed by atoms with van der Waals surface area (Å²) < 4.78 is 5.29. The van der Waals surface area contributed by atoms with Gasteiger partial charge < -0.3 is 20.1 Å². The summed E-state index contributed by atoms with van der Waals surface area (Å²) in [4.78, 5) is 14.5. The molecule has 0 aliphatic heterocycles. The summed E-state index contributed by atoms with van der Waals surface area (Å²) in [5.41, 5.74) is 0.859. The molecule has 1 amide bonds. The molecular weight excluding hydrogens is 232 g/mol. The fourth-order valence-electron chi connectivity index (χ4n) is 1.44. The molecule has 1 heterocycles. The van der Waals surface area contributed by atoms with Crippen LogP contribution in [0.2, 0.25) is 0 Å². The van der Waals surface area contributed by atoms with Gasteiger partial charge in [-0.15, -0.1) is 0 Å². The number of H-pyrrole nitrogens is 1. The number of aliphatic hydroxyl groups excluding tert-OH is 1. The molecular formula is C13H22N2O3. The summed E-state index contributed by atoms with van der Waals surface area (Å²) in [6.45, 7) is 5.18. The minimum absolute atomic E-state index is 0.111. The minimum atomic E-state index is -0.656. The van der Waals surface area contributed by atoms with Crippen LogP contribution >= 0.6 is 0 Å². The first-order valence-corrected chi connectivity index (χ1v) is 6.22. The van der Waals surface area contributed by atoms with Crippen molar-refractivity contribution in [2.24, 2.45) is 5.92 Å². The number of aromatic nitrogens is 1. The van der Waals surface area contributed by atoms with Crippen molar-refractivity contribution in [3.05, 3.63) is 24.0 Å². The number of ether oxygens (including phenoxy) is 1. The van der Waals surface area contributed by atoms with Gasteiger partial charge in [0, 0.05) is 25.0 Å². The Hall–Kier alpha value is -1.33. The zero-order valence-electron chi connectivity index (χ0n) is 11.0. The molecule has 18 heavy (non-hydrogen) atoms. The van der Waals surface area contributed by atoms with E-state index in [9.17, 15) is 9.90 Å². The molecule has 0 spiro atoms. The number of carbonyl (C=O) groups is 1. The van der Waals surface area contributed by atoms with Gasteiger partial charge in [-0.25, -0.2) is 0 Å². The molecule has 0 aromatic carbocycles. The molecule has 5 heteroatoms. The molecule has 3 N–H and O–H groups in total. The van der Waals surface area contributed by atoms with Gasteiger partial charge >= 0.3 is 0 Å². The minimum Gasteiger partial charge on any atom is -0.389 e. The maximum atomic E-state index is 11.5. The number of aromatic amines is 1. The molecule has 1 unspecified atom stereocenters. The van der Waals surface area contributed by atoms with Gasteiger partial charge in [0.15, 0.2) is 0 Å². The van der Waals surface area contributed by atoms with Gasteiger partial charge in [-0.05, 0) is 18.1 Å². The third-order valence-electron chi connectivity index (χ3n) is 2.31. The van der Waals surface area contributed by atoms with Gasteiger partial charge in [0.2, 0.25) is 5.91 Å². The maximum absolute atomic E-state index is 11.5. The maximum Gasteiger partial charge on any atom is 0.226 e. The number of aliphatic hydroxyl groups is 1. The van der Waals surface area contributed by atoms with Crippen LogP contribution in [0.1, 0.15) is 19.5 Å². The lowest BCUT2D eigenvalue weighted by Gasteiger charge is -2.13. The van der Waals surface area contributed by atoms with Gasteiger partial charge in [0.05, 0.1) is 19.1 Å². The zero-order chi connectivity index (χ0) is 13.4. The molecule has 1 aromatic heterocycles. The summed E-state index contributed by atoms with van der Waals surface area (Å²) in [6.07, 6.45) is 1.42. The van der Waals surface area contributed by atoms with Crippen LogP contribution in [0.15, 0.2) is 18.3 Å². The van der Waals surface area contributed by atoms with E-state index in [-0.39, 0.29) is 19.1 Å². The highest BCUT2D eigenvalue weighted by molar-refractivity contribution is 5.78.